The van der Waals surface area contributed by atoms with Crippen molar-refractivity contribution in [3.8, 4) is 11.5 Å². The van der Waals surface area contributed by atoms with E-state index in [1.54, 1.807) is 18.2 Å². The molecule has 0 aliphatic heterocycles. The van der Waals surface area contributed by atoms with Crippen molar-refractivity contribution in [3.63, 3.8) is 0 Å². The van der Waals surface area contributed by atoms with E-state index < -0.39 is 11.8 Å². The fourth-order valence-electron chi connectivity index (χ4n) is 1.47. The Labute approximate surface area is 118 Å². The third-order valence-electron chi connectivity index (χ3n) is 2.85. The van der Waals surface area contributed by atoms with Gasteiger partial charge in [-0.1, -0.05) is 6.92 Å². The summed E-state index contributed by atoms with van der Waals surface area (Å²) in [5.74, 6) is -0.371. The van der Waals surface area contributed by atoms with Gasteiger partial charge < -0.3 is 20.1 Å². The maximum Gasteiger partial charge on any atom is 0.313 e. The van der Waals surface area contributed by atoms with Crippen LogP contribution < -0.4 is 20.1 Å². The number of hydrogen-bond acceptors (Lipinski definition) is 4. The van der Waals surface area contributed by atoms with Crippen molar-refractivity contribution in [2.75, 3.05) is 19.5 Å². The summed E-state index contributed by atoms with van der Waals surface area (Å²) >= 11 is 0. The summed E-state index contributed by atoms with van der Waals surface area (Å²) in [5, 5.41) is 5.10. The van der Waals surface area contributed by atoms with Crippen LogP contribution in [0.25, 0.3) is 0 Å². The molecule has 0 bridgehead atoms. The number of ether oxygens (including phenoxy) is 2. The Kier molecular flexibility index (Phi) is 5.83. The fourth-order valence-corrected chi connectivity index (χ4v) is 1.47. The Morgan fingerprint density at radius 1 is 1.20 bits per heavy atom. The number of rotatable bonds is 5. The van der Waals surface area contributed by atoms with Crippen molar-refractivity contribution in [2.24, 2.45) is 0 Å². The van der Waals surface area contributed by atoms with Gasteiger partial charge in [-0.25, -0.2) is 0 Å². The summed E-state index contributed by atoms with van der Waals surface area (Å²) in [6.45, 7) is 3.76. The van der Waals surface area contributed by atoms with Crippen molar-refractivity contribution in [2.45, 2.75) is 26.3 Å². The minimum Gasteiger partial charge on any atom is -0.497 e. The van der Waals surface area contributed by atoms with Gasteiger partial charge in [0.2, 0.25) is 0 Å². The molecule has 0 spiro atoms. The maximum atomic E-state index is 11.8. The highest BCUT2D eigenvalue weighted by atomic mass is 16.5. The van der Waals surface area contributed by atoms with E-state index >= 15 is 0 Å². The molecule has 0 radical (unpaired) electrons. The molecule has 0 aliphatic carbocycles. The molecular formula is C14H20N2O4. The second kappa shape index (κ2) is 7.37. The number of nitrogens with one attached hydrogen (secondary N) is 2. The van der Waals surface area contributed by atoms with Gasteiger partial charge in [-0.2, -0.15) is 0 Å². The van der Waals surface area contributed by atoms with Gasteiger partial charge in [0.1, 0.15) is 11.5 Å². The van der Waals surface area contributed by atoms with Crippen LogP contribution in [0.1, 0.15) is 20.3 Å². The van der Waals surface area contributed by atoms with Crippen molar-refractivity contribution in [1.82, 2.24) is 5.32 Å². The highest BCUT2D eigenvalue weighted by Gasteiger charge is 2.17. The van der Waals surface area contributed by atoms with E-state index in [0.29, 0.717) is 17.2 Å². The van der Waals surface area contributed by atoms with Crippen LogP contribution in [0.5, 0.6) is 11.5 Å². The van der Waals surface area contributed by atoms with Crippen LogP contribution in [0.15, 0.2) is 18.2 Å². The quantitative estimate of drug-likeness (QED) is 0.802. The molecule has 0 saturated heterocycles. The van der Waals surface area contributed by atoms with Gasteiger partial charge in [0.25, 0.3) is 0 Å². The Morgan fingerprint density at radius 2 is 1.90 bits per heavy atom. The van der Waals surface area contributed by atoms with Crippen LogP contribution in [0.2, 0.25) is 0 Å². The molecule has 1 atom stereocenters. The summed E-state index contributed by atoms with van der Waals surface area (Å²) in [4.78, 5) is 23.4. The lowest BCUT2D eigenvalue weighted by atomic mass is 10.2. The summed E-state index contributed by atoms with van der Waals surface area (Å²) < 4.78 is 10.2. The van der Waals surface area contributed by atoms with E-state index in [9.17, 15) is 9.59 Å². The Hall–Kier alpha value is -2.24. The molecule has 0 saturated carbocycles. The predicted octanol–water partition coefficient (Wildman–Crippen LogP) is 1.56. The van der Waals surface area contributed by atoms with E-state index in [2.05, 4.69) is 10.6 Å². The Bertz CT molecular complexity index is 488. The minimum atomic E-state index is -0.728. The first-order valence-electron chi connectivity index (χ1n) is 6.35. The fraction of sp³-hybridized carbons (Fsp3) is 0.429. The van der Waals surface area contributed by atoms with Crippen molar-refractivity contribution in [3.05, 3.63) is 18.2 Å². The van der Waals surface area contributed by atoms with Gasteiger partial charge in [0.15, 0.2) is 0 Å². The minimum absolute atomic E-state index is 0.0500. The smallest absolute Gasteiger partial charge is 0.313 e. The van der Waals surface area contributed by atoms with Crippen molar-refractivity contribution >= 4 is 17.5 Å². The van der Waals surface area contributed by atoms with Crippen LogP contribution in [0.3, 0.4) is 0 Å². The molecule has 1 aromatic carbocycles. The van der Waals surface area contributed by atoms with E-state index in [4.69, 9.17) is 9.47 Å². The number of hydrogen-bond donors (Lipinski definition) is 2. The van der Waals surface area contributed by atoms with Crippen LogP contribution in [-0.4, -0.2) is 32.1 Å². The Morgan fingerprint density at radius 3 is 2.45 bits per heavy atom. The zero-order chi connectivity index (χ0) is 15.1. The van der Waals surface area contributed by atoms with Gasteiger partial charge in [-0.05, 0) is 25.5 Å². The molecule has 6 nitrogen and oxygen atoms in total. The van der Waals surface area contributed by atoms with Gasteiger partial charge in [-0.15, -0.1) is 0 Å². The summed E-state index contributed by atoms with van der Waals surface area (Å²) in [5.41, 5.74) is 0.414. The number of carbonyl (C=O) groups is 2. The first-order valence-corrected chi connectivity index (χ1v) is 6.35. The number of anilines is 1. The molecular weight excluding hydrogens is 260 g/mol. The van der Waals surface area contributed by atoms with Crippen LogP contribution >= 0.6 is 0 Å². The van der Waals surface area contributed by atoms with Gasteiger partial charge in [0.05, 0.1) is 19.9 Å². The molecule has 2 amide bonds. The number of amides is 2. The third kappa shape index (κ3) is 4.15. The first kappa shape index (κ1) is 15.8. The van der Waals surface area contributed by atoms with E-state index in [0.717, 1.165) is 6.42 Å². The molecule has 20 heavy (non-hydrogen) atoms. The number of methoxy groups -OCH3 is 2. The average Bonchev–Trinajstić information content (AvgIpc) is 2.47. The summed E-state index contributed by atoms with van der Waals surface area (Å²) in [6, 6.07) is 4.87. The lowest BCUT2D eigenvalue weighted by Gasteiger charge is -2.13. The molecule has 1 aromatic rings. The van der Waals surface area contributed by atoms with E-state index in [1.807, 2.05) is 13.8 Å². The van der Waals surface area contributed by atoms with E-state index in [1.165, 1.54) is 14.2 Å². The molecule has 0 aromatic heterocycles. The second-order valence-corrected chi connectivity index (χ2v) is 4.30. The van der Waals surface area contributed by atoms with Crippen molar-refractivity contribution < 1.29 is 19.1 Å². The lowest BCUT2D eigenvalue weighted by molar-refractivity contribution is -0.136. The third-order valence-corrected chi connectivity index (χ3v) is 2.85. The zero-order valence-corrected chi connectivity index (χ0v) is 12.1. The Balaban J connectivity index is 2.77. The second-order valence-electron chi connectivity index (χ2n) is 4.30. The van der Waals surface area contributed by atoms with Gasteiger partial charge >= 0.3 is 11.8 Å². The largest absolute Gasteiger partial charge is 0.497 e. The SMILES string of the molecule is CCC(C)NC(=O)C(=O)Nc1ccc(OC)cc1OC. The molecule has 2 N–H and O–H groups in total. The maximum absolute atomic E-state index is 11.8. The van der Waals surface area contributed by atoms with Crippen molar-refractivity contribution in [1.29, 1.82) is 0 Å². The van der Waals surface area contributed by atoms with E-state index in [-0.39, 0.29) is 6.04 Å². The molecule has 1 rings (SSSR count). The highest BCUT2D eigenvalue weighted by molar-refractivity contribution is 6.39. The first-order chi connectivity index (χ1) is 9.51. The molecule has 0 heterocycles. The standard InChI is InChI=1S/C14H20N2O4/c1-5-9(2)15-13(17)14(18)16-11-7-6-10(19-3)8-12(11)20-4/h6-9H,5H2,1-4H3,(H,15,17)(H,16,18). The summed E-state index contributed by atoms with van der Waals surface area (Å²) in [7, 11) is 3.01. The zero-order valence-electron chi connectivity index (χ0n) is 12.1. The topological polar surface area (TPSA) is 76.7 Å². The normalized spacial score (nSPS) is 11.4. The monoisotopic (exact) mass is 280 g/mol. The van der Waals surface area contributed by atoms with Crippen LogP contribution in [0.4, 0.5) is 5.69 Å². The molecule has 6 heteroatoms. The predicted molar refractivity (Wildman–Crippen MR) is 76.1 cm³/mol. The van der Waals surface area contributed by atoms with Crippen LogP contribution in [0, 0.1) is 0 Å². The van der Waals surface area contributed by atoms with Gasteiger partial charge in [-0.3, -0.25) is 9.59 Å². The van der Waals surface area contributed by atoms with Gasteiger partial charge in [0, 0.05) is 12.1 Å². The molecule has 0 aliphatic rings. The lowest BCUT2D eigenvalue weighted by Crippen LogP contribution is -2.40. The molecule has 0 fully saturated rings. The molecule has 110 valence electrons. The average molecular weight is 280 g/mol. The number of benzene rings is 1. The number of carbonyl (C=O) groups excluding carboxylic acids is 2. The summed E-state index contributed by atoms with van der Waals surface area (Å²) in [6.07, 6.45) is 0.755. The highest BCUT2D eigenvalue weighted by Crippen LogP contribution is 2.28. The van der Waals surface area contributed by atoms with Crippen LogP contribution in [-0.2, 0) is 9.59 Å². The molecule has 1 unspecified atom stereocenters.